The van der Waals surface area contributed by atoms with Crippen LogP contribution in [0.25, 0.3) is 0 Å². The van der Waals surface area contributed by atoms with Crippen molar-refractivity contribution in [2.24, 2.45) is 11.7 Å². The van der Waals surface area contributed by atoms with E-state index in [0.29, 0.717) is 10.9 Å². The van der Waals surface area contributed by atoms with Crippen LogP contribution in [0.2, 0.25) is 5.02 Å². The fourth-order valence-electron chi connectivity index (χ4n) is 1.37. The molecule has 0 radical (unpaired) electrons. The van der Waals surface area contributed by atoms with E-state index in [0.717, 1.165) is 5.56 Å². The smallest absolute Gasteiger partial charge is 0.0637 e. The van der Waals surface area contributed by atoms with Gasteiger partial charge in [-0.05, 0) is 30.4 Å². The first-order valence-electron chi connectivity index (χ1n) is 4.14. The van der Waals surface area contributed by atoms with Gasteiger partial charge < -0.3 is 5.73 Å². The summed E-state index contributed by atoms with van der Waals surface area (Å²) in [4.78, 5) is 3.92. The Hall–Kier alpha value is -0.600. The summed E-state index contributed by atoms with van der Waals surface area (Å²) in [7, 11) is 0. The largest absolute Gasteiger partial charge is 0.324 e. The Morgan fingerprint density at radius 3 is 2.92 bits per heavy atom. The number of nitrogens with zero attached hydrogens (tertiary/aromatic N) is 1. The first-order chi connectivity index (χ1) is 5.79. The number of aromatic nitrogens is 1. The van der Waals surface area contributed by atoms with Gasteiger partial charge in [0, 0.05) is 18.4 Å². The lowest BCUT2D eigenvalue weighted by molar-refractivity contribution is 0.633. The molecule has 1 aromatic heterocycles. The number of halogens is 1. The minimum absolute atomic E-state index is 0.112. The molecule has 1 fully saturated rings. The predicted octanol–water partition coefficient (Wildman–Crippen LogP) is 2.14. The van der Waals surface area contributed by atoms with Crippen LogP contribution in [-0.2, 0) is 0 Å². The zero-order chi connectivity index (χ0) is 8.55. The highest BCUT2D eigenvalue weighted by Gasteiger charge is 2.30. The molecule has 0 aromatic carbocycles. The molecule has 12 heavy (non-hydrogen) atoms. The van der Waals surface area contributed by atoms with Gasteiger partial charge in [-0.15, -0.1) is 0 Å². The normalized spacial score (nSPS) is 19.2. The Bertz CT molecular complexity index is 284. The molecule has 3 heteroatoms. The van der Waals surface area contributed by atoms with E-state index in [1.807, 2.05) is 6.07 Å². The molecule has 1 aromatic rings. The van der Waals surface area contributed by atoms with Crippen molar-refractivity contribution in [2.75, 3.05) is 0 Å². The second-order valence-corrected chi connectivity index (χ2v) is 3.67. The molecule has 0 aliphatic heterocycles. The van der Waals surface area contributed by atoms with E-state index in [4.69, 9.17) is 17.3 Å². The average Bonchev–Trinajstić information content (AvgIpc) is 2.86. The Labute approximate surface area is 76.7 Å². The molecule has 64 valence electrons. The quantitative estimate of drug-likeness (QED) is 0.761. The summed E-state index contributed by atoms with van der Waals surface area (Å²) in [6.45, 7) is 0. The van der Waals surface area contributed by atoms with Crippen molar-refractivity contribution in [1.82, 2.24) is 4.98 Å². The number of rotatable bonds is 2. The van der Waals surface area contributed by atoms with Gasteiger partial charge in [-0.1, -0.05) is 11.6 Å². The predicted molar refractivity (Wildman–Crippen MR) is 48.9 cm³/mol. The molecular formula is C9H11ClN2. The Morgan fingerprint density at radius 1 is 1.58 bits per heavy atom. The van der Waals surface area contributed by atoms with Crippen molar-refractivity contribution in [3.63, 3.8) is 0 Å². The van der Waals surface area contributed by atoms with Gasteiger partial charge in [0.05, 0.1) is 5.02 Å². The zero-order valence-electron chi connectivity index (χ0n) is 6.70. The standard InChI is InChI=1S/C9H11ClN2/c10-8-5-12-4-3-7(8)9(11)6-1-2-6/h3-6,9H,1-2,11H2/t9-/m1/s1. The topological polar surface area (TPSA) is 38.9 Å². The van der Waals surface area contributed by atoms with Crippen molar-refractivity contribution in [3.8, 4) is 0 Å². The summed E-state index contributed by atoms with van der Waals surface area (Å²) in [5.74, 6) is 0.643. The molecule has 2 N–H and O–H groups in total. The summed E-state index contributed by atoms with van der Waals surface area (Å²) < 4.78 is 0. The Morgan fingerprint density at radius 2 is 2.33 bits per heavy atom. The van der Waals surface area contributed by atoms with Crippen molar-refractivity contribution in [3.05, 3.63) is 29.0 Å². The molecule has 1 atom stereocenters. The van der Waals surface area contributed by atoms with Gasteiger partial charge in [0.15, 0.2) is 0 Å². The van der Waals surface area contributed by atoms with Crippen LogP contribution >= 0.6 is 11.6 Å². The van der Waals surface area contributed by atoms with Crippen LogP contribution < -0.4 is 5.73 Å². The lowest BCUT2D eigenvalue weighted by atomic mass is 10.1. The summed E-state index contributed by atoms with van der Waals surface area (Å²) in [5.41, 5.74) is 7.03. The van der Waals surface area contributed by atoms with Gasteiger partial charge in [-0.25, -0.2) is 0 Å². The highest BCUT2D eigenvalue weighted by atomic mass is 35.5. The van der Waals surface area contributed by atoms with Crippen LogP contribution in [0.3, 0.4) is 0 Å². The first-order valence-corrected chi connectivity index (χ1v) is 4.52. The van der Waals surface area contributed by atoms with Gasteiger partial charge in [0.25, 0.3) is 0 Å². The molecule has 0 unspecified atom stereocenters. The highest BCUT2D eigenvalue weighted by molar-refractivity contribution is 6.31. The van der Waals surface area contributed by atoms with Gasteiger partial charge >= 0.3 is 0 Å². The maximum absolute atomic E-state index is 5.99. The third-order valence-electron chi connectivity index (χ3n) is 2.29. The Balaban J connectivity index is 2.25. The van der Waals surface area contributed by atoms with E-state index in [1.54, 1.807) is 12.4 Å². The monoisotopic (exact) mass is 182 g/mol. The summed E-state index contributed by atoms with van der Waals surface area (Å²) >= 11 is 5.95. The summed E-state index contributed by atoms with van der Waals surface area (Å²) in [6, 6.07) is 2.02. The molecule has 0 amide bonds. The summed E-state index contributed by atoms with van der Waals surface area (Å²) in [6.07, 6.45) is 5.86. The van der Waals surface area contributed by atoms with Crippen molar-refractivity contribution in [2.45, 2.75) is 18.9 Å². The van der Waals surface area contributed by atoms with Crippen molar-refractivity contribution in [1.29, 1.82) is 0 Å². The molecule has 2 rings (SSSR count). The maximum atomic E-state index is 5.99. The molecule has 1 aliphatic rings. The molecule has 0 saturated heterocycles. The fourth-order valence-corrected chi connectivity index (χ4v) is 1.61. The second-order valence-electron chi connectivity index (χ2n) is 3.26. The van der Waals surface area contributed by atoms with E-state index in [1.165, 1.54) is 12.8 Å². The molecule has 2 nitrogen and oxygen atoms in total. The third-order valence-corrected chi connectivity index (χ3v) is 2.61. The molecule has 1 saturated carbocycles. The first kappa shape index (κ1) is 8.02. The van der Waals surface area contributed by atoms with Crippen LogP contribution in [0.4, 0.5) is 0 Å². The summed E-state index contributed by atoms with van der Waals surface area (Å²) in [5, 5.41) is 0.692. The minimum Gasteiger partial charge on any atom is -0.324 e. The van der Waals surface area contributed by atoms with E-state index < -0.39 is 0 Å². The fraction of sp³-hybridized carbons (Fsp3) is 0.444. The highest BCUT2D eigenvalue weighted by Crippen LogP contribution is 2.40. The zero-order valence-corrected chi connectivity index (χ0v) is 7.46. The van der Waals surface area contributed by atoms with Gasteiger partial charge in [-0.2, -0.15) is 0 Å². The maximum Gasteiger partial charge on any atom is 0.0637 e. The SMILES string of the molecule is N[C@@H](c1ccncc1Cl)C1CC1. The van der Waals surface area contributed by atoms with Crippen molar-refractivity contribution >= 4 is 11.6 Å². The molecule has 0 bridgehead atoms. The van der Waals surface area contributed by atoms with E-state index >= 15 is 0 Å². The van der Waals surface area contributed by atoms with E-state index in [2.05, 4.69) is 4.98 Å². The molecular weight excluding hydrogens is 172 g/mol. The molecule has 0 spiro atoms. The number of hydrogen-bond donors (Lipinski definition) is 1. The third kappa shape index (κ3) is 1.45. The van der Waals surface area contributed by atoms with E-state index in [9.17, 15) is 0 Å². The van der Waals surface area contributed by atoms with Crippen LogP contribution in [0.5, 0.6) is 0 Å². The average molecular weight is 183 g/mol. The second kappa shape index (κ2) is 3.04. The molecule has 1 aliphatic carbocycles. The van der Waals surface area contributed by atoms with E-state index in [-0.39, 0.29) is 6.04 Å². The molecule has 1 heterocycles. The van der Waals surface area contributed by atoms with Crippen molar-refractivity contribution < 1.29 is 0 Å². The van der Waals surface area contributed by atoms with Gasteiger partial charge in [0.1, 0.15) is 0 Å². The minimum atomic E-state index is 0.112. The lowest BCUT2D eigenvalue weighted by Gasteiger charge is -2.11. The lowest BCUT2D eigenvalue weighted by Crippen LogP contribution is -2.12. The van der Waals surface area contributed by atoms with Crippen LogP contribution in [0.1, 0.15) is 24.4 Å². The number of pyridine rings is 1. The van der Waals surface area contributed by atoms with Crippen LogP contribution in [0, 0.1) is 5.92 Å². The van der Waals surface area contributed by atoms with Crippen LogP contribution in [0.15, 0.2) is 18.5 Å². The van der Waals surface area contributed by atoms with Gasteiger partial charge in [0.2, 0.25) is 0 Å². The Kier molecular flexibility index (Phi) is 2.03. The van der Waals surface area contributed by atoms with Crippen LogP contribution in [-0.4, -0.2) is 4.98 Å². The number of nitrogens with two attached hydrogens (primary N) is 1. The van der Waals surface area contributed by atoms with Gasteiger partial charge in [-0.3, -0.25) is 4.98 Å². The number of hydrogen-bond acceptors (Lipinski definition) is 2.